The first-order valence-corrected chi connectivity index (χ1v) is 6.25. The van der Waals surface area contributed by atoms with E-state index in [4.69, 9.17) is 17.0 Å². The number of nitrogens with zero attached hydrogens (tertiary/aromatic N) is 1. The Bertz CT molecular complexity index is 193. The highest BCUT2D eigenvalue weighted by Gasteiger charge is 2.19. The summed E-state index contributed by atoms with van der Waals surface area (Å²) in [6, 6.07) is 0.556. The smallest absolute Gasteiger partial charge is 0.168 e. The van der Waals surface area contributed by atoms with Crippen molar-refractivity contribution < 1.29 is 4.74 Å². The zero-order valence-corrected chi connectivity index (χ0v) is 10.6. The predicted octanol–water partition coefficient (Wildman–Crippen LogP) is 1.77. The highest BCUT2D eigenvalue weighted by molar-refractivity contribution is 7.80. The molecule has 0 saturated carbocycles. The molecule has 4 heteroatoms. The van der Waals surface area contributed by atoms with Crippen LogP contribution in [0.3, 0.4) is 0 Å². The van der Waals surface area contributed by atoms with Gasteiger partial charge >= 0.3 is 0 Å². The van der Waals surface area contributed by atoms with Gasteiger partial charge in [0.25, 0.3) is 0 Å². The predicted molar refractivity (Wildman–Crippen MR) is 67.1 cm³/mol. The lowest BCUT2D eigenvalue weighted by Gasteiger charge is -2.33. The maximum Gasteiger partial charge on any atom is 0.168 e. The molecule has 1 aliphatic rings. The lowest BCUT2D eigenvalue weighted by molar-refractivity contribution is 0.0603. The van der Waals surface area contributed by atoms with Crippen molar-refractivity contribution in [2.75, 3.05) is 26.8 Å². The molecule has 0 amide bonds. The molecular formula is C11H22N2OS. The summed E-state index contributed by atoms with van der Waals surface area (Å²) >= 11 is 5.34. The van der Waals surface area contributed by atoms with Gasteiger partial charge in [0.15, 0.2) is 5.11 Å². The van der Waals surface area contributed by atoms with Crippen molar-refractivity contribution in [2.24, 2.45) is 0 Å². The number of nitrogens with one attached hydrogen (secondary N) is 1. The van der Waals surface area contributed by atoms with Crippen LogP contribution in [0.4, 0.5) is 0 Å². The molecule has 0 aromatic rings. The molecule has 1 rings (SSSR count). The molecule has 0 radical (unpaired) electrons. The van der Waals surface area contributed by atoms with E-state index in [1.807, 2.05) is 0 Å². The van der Waals surface area contributed by atoms with Gasteiger partial charge in [-0.3, -0.25) is 0 Å². The van der Waals surface area contributed by atoms with E-state index in [0.29, 0.717) is 6.04 Å². The minimum Gasteiger partial charge on any atom is -0.381 e. The standard InChI is InChI=1S/C11H22N2OS/c1-3-4-7-12-11(15)13(2)10-5-8-14-9-6-10/h10H,3-9H2,1-2H3,(H,12,15). The maximum atomic E-state index is 5.34. The van der Waals surface area contributed by atoms with E-state index in [1.54, 1.807) is 0 Å². The van der Waals surface area contributed by atoms with Crippen LogP contribution in [0, 0.1) is 0 Å². The summed E-state index contributed by atoms with van der Waals surface area (Å²) in [5, 5.41) is 4.18. The molecule has 1 saturated heterocycles. The summed E-state index contributed by atoms with van der Waals surface area (Å²) in [7, 11) is 2.08. The van der Waals surface area contributed by atoms with E-state index in [1.165, 1.54) is 12.8 Å². The zero-order valence-electron chi connectivity index (χ0n) is 9.79. The minimum atomic E-state index is 0.556. The topological polar surface area (TPSA) is 24.5 Å². The van der Waals surface area contributed by atoms with Crippen molar-refractivity contribution in [1.82, 2.24) is 10.2 Å². The van der Waals surface area contributed by atoms with Crippen LogP contribution in [0.25, 0.3) is 0 Å². The van der Waals surface area contributed by atoms with Gasteiger partial charge in [-0.15, -0.1) is 0 Å². The van der Waals surface area contributed by atoms with Crippen molar-refractivity contribution in [3.8, 4) is 0 Å². The lowest BCUT2D eigenvalue weighted by Crippen LogP contribution is -2.45. The largest absolute Gasteiger partial charge is 0.381 e. The van der Waals surface area contributed by atoms with E-state index in [0.717, 1.165) is 37.7 Å². The first-order chi connectivity index (χ1) is 7.25. The first-order valence-electron chi connectivity index (χ1n) is 5.84. The van der Waals surface area contributed by atoms with Crippen LogP contribution in [-0.2, 0) is 4.74 Å². The fraction of sp³-hybridized carbons (Fsp3) is 0.909. The molecule has 1 aliphatic heterocycles. The Labute approximate surface area is 98.2 Å². The lowest BCUT2D eigenvalue weighted by atomic mass is 10.1. The highest BCUT2D eigenvalue weighted by atomic mass is 32.1. The van der Waals surface area contributed by atoms with Crippen LogP contribution in [0.5, 0.6) is 0 Å². The molecule has 1 N–H and O–H groups in total. The number of rotatable bonds is 4. The molecule has 0 aromatic heterocycles. The number of unbranched alkanes of at least 4 members (excludes halogenated alkanes) is 1. The van der Waals surface area contributed by atoms with Gasteiger partial charge in [-0.05, 0) is 31.5 Å². The minimum absolute atomic E-state index is 0.556. The van der Waals surface area contributed by atoms with Gasteiger partial charge in [-0.1, -0.05) is 13.3 Å². The molecule has 0 aromatic carbocycles. The number of ether oxygens (including phenoxy) is 1. The first kappa shape index (κ1) is 12.7. The quantitative estimate of drug-likeness (QED) is 0.588. The third-order valence-electron chi connectivity index (χ3n) is 2.87. The van der Waals surface area contributed by atoms with Gasteiger partial charge in [-0.25, -0.2) is 0 Å². The van der Waals surface area contributed by atoms with Crippen LogP contribution in [0.2, 0.25) is 0 Å². The molecule has 3 nitrogen and oxygen atoms in total. The number of hydrogen-bond acceptors (Lipinski definition) is 2. The molecule has 0 atom stereocenters. The monoisotopic (exact) mass is 230 g/mol. The van der Waals surface area contributed by atoms with Crippen LogP contribution in [0.15, 0.2) is 0 Å². The zero-order chi connectivity index (χ0) is 11.1. The molecule has 15 heavy (non-hydrogen) atoms. The van der Waals surface area contributed by atoms with Crippen molar-refractivity contribution in [1.29, 1.82) is 0 Å². The van der Waals surface area contributed by atoms with Crippen molar-refractivity contribution in [2.45, 2.75) is 38.6 Å². The van der Waals surface area contributed by atoms with Gasteiger partial charge in [-0.2, -0.15) is 0 Å². The fourth-order valence-electron chi connectivity index (χ4n) is 1.74. The van der Waals surface area contributed by atoms with E-state index in [-0.39, 0.29) is 0 Å². The van der Waals surface area contributed by atoms with Crippen molar-refractivity contribution >= 4 is 17.3 Å². The maximum absolute atomic E-state index is 5.34. The summed E-state index contributed by atoms with van der Waals surface area (Å²) < 4.78 is 5.34. The molecular weight excluding hydrogens is 208 g/mol. The molecule has 0 spiro atoms. The Morgan fingerprint density at radius 3 is 2.73 bits per heavy atom. The number of hydrogen-bond donors (Lipinski definition) is 1. The Balaban J connectivity index is 2.24. The summed E-state index contributed by atoms with van der Waals surface area (Å²) in [6.45, 7) is 4.91. The molecule has 0 bridgehead atoms. The summed E-state index contributed by atoms with van der Waals surface area (Å²) in [5.41, 5.74) is 0. The second kappa shape index (κ2) is 7.01. The Hall–Kier alpha value is -0.350. The summed E-state index contributed by atoms with van der Waals surface area (Å²) in [5.74, 6) is 0. The number of thiocarbonyl (C=S) groups is 1. The average Bonchev–Trinajstić information content (AvgIpc) is 2.29. The third kappa shape index (κ3) is 4.34. The molecule has 0 aliphatic carbocycles. The molecule has 88 valence electrons. The van der Waals surface area contributed by atoms with Crippen molar-refractivity contribution in [3.63, 3.8) is 0 Å². The van der Waals surface area contributed by atoms with Crippen LogP contribution in [0.1, 0.15) is 32.6 Å². The second-order valence-corrected chi connectivity index (χ2v) is 4.43. The van der Waals surface area contributed by atoms with Crippen LogP contribution >= 0.6 is 12.2 Å². The van der Waals surface area contributed by atoms with E-state index >= 15 is 0 Å². The SMILES string of the molecule is CCCCNC(=S)N(C)C1CCOCC1. The molecule has 1 fully saturated rings. The van der Waals surface area contributed by atoms with Crippen molar-refractivity contribution in [3.05, 3.63) is 0 Å². The third-order valence-corrected chi connectivity index (χ3v) is 3.30. The fourth-order valence-corrected chi connectivity index (χ4v) is 1.99. The van der Waals surface area contributed by atoms with Gasteiger partial charge in [0.1, 0.15) is 0 Å². The second-order valence-electron chi connectivity index (χ2n) is 4.04. The Morgan fingerprint density at radius 1 is 1.47 bits per heavy atom. The van der Waals surface area contributed by atoms with Gasteiger partial charge in [0.2, 0.25) is 0 Å². The average molecular weight is 230 g/mol. The highest BCUT2D eigenvalue weighted by Crippen LogP contribution is 2.12. The normalized spacial score (nSPS) is 17.5. The summed E-state index contributed by atoms with van der Waals surface area (Å²) in [4.78, 5) is 2.19. The van der Waals surface area contributed by atoms with Gasteiger partial charge < -0.3 is 15.0 Å². The molecule has 0 unspecified atom stereocenters. The molecule has 1 heterocycles. The Kier molecular flexibility index (Phi) is 5.95. The van der Waals surface area contributed by atoms with Gasteiger partial charge in [0, 0.05) is 32.8 Å². The van der Waals surface area contributed by atoms with Crippen LogP contribution < -0.4 is 5.32 Å². The van der Waals surface area contributed by atoms with E-state index in [9.17, 15) is 0 Å². The summed E-state index contributed by atoms with van der Waals surface area (Å²) in [6.07, 6.45) is 4.57. The van der Waals surface area contributed by atoms with E-state index < -0.39 is 0 Å². The van der Waals surface area contributed by atoms with Gasteiger partial charge in [0.05, 0.1) is 0 Å². The van der Waals surface area contributed by atoms with Crippen LogP contribution in [-0.4, -0.2) is 42.9 Å². The Morgan fingerprint density at radius 2 is 2.13 bits per heavy atom. The van der Waals surface area contributed by atoms with E-state index in [2.05, 4.69) is 24.2 Å².